The Morgan fingerprint density at radius 3 is 2.85 bits per heavy atom. The van der Waals surface area contributed by atoms with Crippen LogP contribution >= 0.6 is 23.5 Å². The third kappa shape index (κ3) is 4.38. The molecule has 4 rings (SSSR count). The van der Waals surface area contributed by atoms with Gasteiger partial charge in [-0.1, -0.05) is 11.8 Å². The lowest BCUT2D eigenvalue weighted by atomic mass is 10.0. The van der Waals surface area contributed by atoms with Gasteiger partial charge in [0.1, 0.15) is 22.9 Å². The van der Waals surface area contributed by atoms with Crippen LogP contribution in [-0.4, -0.2) is 76.9 Å². The SMILES string of the molecule is Cn1nnnc1SCC1=C(C(=O)O)N2C(=O)[C@H](NC(=O)C(NC(N)=O)c3ccco3)C2SC1. The van der Waals surface area contributed by atoms with Crippen LogP contribution in [0.15, 0.2) is 39.2 Å². The maximum atomic E-state index is 12.8. The first-order valence-corrected chi connectivity index (χ1v) is 11.5. The third-order valence-corrected chi connectivity index (χ3v) is 7.32. The van der Waals surface area contributed by atoms with Crippen LogP contribution in [0.1, 0.15) is 11.8 Å². The molecule has 4 heterocycles. The number of hydrogen-bond donors (Lipinski definition) is 4. The molecule has 33 heavy (non-hydrogen) atoms. The number of carbonyl (C=O) groups excluding carboxylic acids is 3. The van der Waals surface area contributed by atoms with Crippen LogP contribution in [0.5, 0.6) is 0 Å². The fourth-order valence-corrected chi connectivity index (χ4v) is 5.72. The number of rotatable bonds is 8. The number of β-lactam (4-membered cyclic amide) rings is 1. The van der Waals surface area contributed by atoms with E-state index in [0.717, 1.165) is 4.90 Å². The van der Waals surface area contributed by atoms with E-state index in [1.807, 2.05) is 0 Å². The van der Waals surface area contributed by atoms with Gasteiger partial charge in [-0.25, -0.2) is 14.3 Å². The number of thioether (sulfide) groups is 2. The molecule has 1 saturated heterocycles. The zero-order valence-corrected chi connectivity index (χ0v) is 18.6. The van der Waals surface area contributed by atoms with E-state index in [4.69, 9.17) is 10.2 Å². The molecular weight excluding hydrogens is 476 g/mol. The lowest BCUT2D eigenvalue weighted by Gasteiger charge is -2.49. The molecule has 2 aliphatic rings. The summed E-state index contributed by atoms with van der Waals surface area (Å²) in [4.78, 5) is 50.0. The summed E-state index contributed by atoms with van der Waals surface area (Å²) >= 11 is 2.57. The smallest absolute Gasteiger partial charge is 0.352 e. The van der Waals surface area contributed by atoms with Crippen LogP contribution < -0.4 is 16.4 Å². The monoisotopic (exact) mass is 494 g/mol. The largest absolute Gasteiger partial charge is 0.477 e. The molecule has 16 heteroatoms. The number of carboxylic acid groups (broad SMARTS) is 1. The van der Waals surface area contributed by atoms with Crippen LogP contribution in [0.25, 0.3) is 0 Å². The fourth-order valence-electron chi connectivity index (χ4n) is 3.39. The number of aryl methyl sites for hydroxylation is 1. The van der Waals surface area contributed by atoms with Crippen LogP contribution in [0, 0.1) is 0 Å². The van der Waals surface area contributed by atoms with Crippen LogP contribution in [-0.2, 0) is 21.4 Å². The van der Waals surface area contributed by atoms with Crippen LogP contribution in [0.2, 0.25) is 0 Å². The van der Waals surface area contributed by atoms with Gasteiger partial charge in [0, 0.05) is 18.6 Å². The summed E-state index contributed by atoms with van der Waals surface area (Å²) < 4.78 is 6.64. The van der Waals surface area contributed by atoms with Crippen molar-refractivity contribution in [3.05, 3.63) is 35.4 Å². The maximum Gasteiger partial charge on any atom is 0.352 e. The number of urea groups is 1. The normalized spacial score (nSPS) is 20.6. The zero-order valence-electron chi connectivity index (χ0n) is 17.0. The second-order valence-corrected chi connectivity index (χ2v) is 9.03. The van der Waals surface area contributed by atoms with Gasteiger partial charge < -0.3 is 25.9 Å². The van der Waals surface area contributed by atoms with Gasteiger partial charge in [-0.05, 0) is 28.1 Å². The minimum atomic E-state index is -1.24. The van der Waals surface area contributed by atoms with Crippen molar-refractivity contribution in [2.24, 2.45) is 12.8 Å². The van der Waals surface area contributed by atoms with Crippen molar-refractivity contribution in [1.82, 2.24) is 35.7 Å². The summed E-state index contributed by atoms with van der Waals surface area (Å²) in [7, 11) is 1.66. The first kappa shape index (κ1) is 22.7. The number of nitrogens with two attached hydrogens (primary N) is 1. The van der Waals surface area contributed by atoms with E-state index in [2.05, 4.69) is 26.2 Å². The van der Waals surface area contributed by atoms with Crippen molar-refractivity contribution < 1.29 is 28.7 Å². The number of carboxylic acids is 1. The molecular formula is C17H18N8O6S2. The number of primary amides is 1. The summed E-state index contributed by atoms with van der Waals surface area (Å²) in [5.74, 6) is -1.78. The van der Waals surface area contributed by atoms with Gasteiger partial charge in [-0.15, -0.1) is 16.9 Å². The van der Waals surface area contributed by atoms with Gasteiger partial charge in [0.2, 0.25) is 5.16 Å². The molecule has 2 aliphatic heterocycles. The number of hydrogen-bond acceptors (Lipinski definition) is 10. The average molecular weight is 495 g/mol. The molecule has 0 aromatic carbocycles. The Hall–Kier alpha value is -3.53. The van der Waals surface area contributed by atoms with E-state index in [-0.39, 0.29) is 17.2 Å². The standard InChI is InChI=1S/C17H18N8O6S2/c1-24-17(21-22-23-24)33-6-7-5-32-14-10(13(27)25(14)11(7)15(28)29)19-12(26)9(20-16(18)30)8-3-2-4-31-8/h2-4,9-10,14H,5-6H2,1H3,(H,19,26)(H,28,29)(H3,18,20,30)/t9?,10-,14?/m0/s1. The molecule has 174 valence electrons. The van der Waals surface area contributed by atoms with Gasteiger partial charge in [-0.2, -0.15) is 0 Å². The van der Waals surface area contributed by atoms with Gasteiger partial charge in [0.15, 0.2) is 6.04 Å². The first-order chi connectivity index (χ1) is 15.8. The molecule has 2 unspecified atom stereocenters. The Kier molecular flexibility index (Phi) is 6.28. The Labute approximate surface area is 194 Å². The molecule has 4 amide bonds. The van der Waals surface area contributed by atoms with Crippen LogP contribution in [0.3, 0.4) is 0 Å². The average Bonchev–Trinajstić information content (AvgIpc) is 3.45. The highest BCUT2D eigenvalue weighted by Gasteiger charge is 2.54. The second kappa shape index (κ2) is 9.14. The highest BCUT2D eigenvalue weighted by molar-refractivity contribution is 8.01. The summed E-state index contributed by atoms with van der Waals surface area (Å²) in [5.41, 5.74) is 5.57. The number of aliphatic carboxylic acids is 1. The van der Waals surface area contributed by atoms with Crippen molar-refractivity contribution in [3.8, 4) is 0 Å². The van der Waals surface area contributed by atoms with Crippen molar-refractivity contribution in [2.45, 2.75) is 22.6 Å². The minimum Gasteiger partial charge on any atom is -0.477 e. The molecule has 2 aromatic rings. The predicted octanol–water partition coefficient (Wildman–Crippen LogP) is -0.957. The van der Waals surface area contributed by atoms with Gasteiger partial charge >= 0.3 is 12.0 Å². The number of tetrazole rings is 1. The molecule has 1 fully saturated rings. The molecule has 2 aromatic heterocycles. The van der Waals surface area contributed by atoms with Gasteiger partial charge in [-0.3, -0.25) is 14.5 Å². The molecule has 0 saturated carbocycles. The van der Waals surface area contributed by atoms with Crippen LogP contribution in [0.4, 0.5) is 4.79 Å². The van der Waals surface area contributed by atoms with E-state index < -0.39 is 41.3 Å². The Bertz CT molecular complexity index is 1130. The number of carbonyl (C=O) groups is 4. The summed E-state index contributed by atoms with van der Waals surface area (Å²) in [6.45, 7) is 0. The Morgan fingerprint density at radius 2 is 2.24 bits per heavy atom. The van der Waals surface area contributed by atoms with E-state index in [9.17, 15) is 24.3 Å². The van der Waals surface area contributed by atoms with E-state index in [1.54, 1.807) is 7.05 Å². The first-order valence-electron chi connectivity index (χ1n) is 9.42. The second-order valence-electron chi connectivity index (χ2n) is 6.98. The Morgan fingerprint density at radius 1 is 1.45 bits per heavy atom. The highest BCUT2D eigenvalue weighted by Crippen LogP contribution is 2.41. The van der Waals surface area contributed by atoms with Crippen molar-refractivity contribution in [1.29, 1.82) is 0 Å². The molecule has 0 aliphatic carbocycles. The lowest BCUT2D eigenvalue weighted by molar-refractivity contribution is -0.151. The molecule has 14 nitrogen and oxygen atoms in total. The number of nitrogens with one attached hydrogen (secondary N) is 2. The zero-order chi connectivity index (χ0) is 23.7. The van der Waals surface area contributed by atoms with E-state index >= 15 is 0 Å². The predicted molar refractivity (Wildman–Crippen MR) is 113 cm³/mol. The number of aromatic nitrogens is 4. The van der Waals surface area contributed by atoms with E-state index in [0.29, 0.717) is 16.5 Å². The highest BCUT2D eigenvalue weighted by atomic mass is 32.2. The fraction of sp³-hybridized carbons (Fsp3) is 0.353. The summed E-state index contributed by atoms with van der Waals surface area (Å²) in [6, 6.07) is -0.148. The van der Waals surface area contributed by atoms with Crippen molar-refractivity contribution >= 4 is 47.3 Å². The maximum absolute atomic E-state index is 12.8. The Balaban J connectivity index is 1.48. The van der Waals surface area contributed by atoms with E-state index in [1.165, 1.54) is 46.6 Å². The molecule has 0 radical (unpaired) electrons. The third-order valence-electron chi connectivity index (χ3n) is 4.88. The number of fused-ring (bicyclic) bond motifs is 1. The van der Waals surface area contributed by atoms with Gasteiger partial charge in [0.05, 0.1) is 6.26 Å². The quantitative estimate of drug-likeness (QED) is 0.260. The lowest BCUT2D eigenvalue weighted by Crippen LogP contribution is -2.71. The van der Waals surface area contributed by atoms with Crippen molar-refractivity contribution in [3.63, 3.8) is 0 Å². The number of nitrogens with zero attached hydrogens (tertiary/aromatic N) is 5. The number of furan rings is 1. The molecule has 3 atom stereocenters. The van der Waals surface area contributed by atoms with Crippen molar-refractivity contribution in [2.75, 3.05) is 11.5 Å². The number of amides is 4. The molecule has 5 N–H and O–H groups in total. The molecule has 0 bridgehead atoms. The molecule has 0 spiro atoms. The summed E-state index contributed by atoms with van der Waals surface area (Å²) in [6.07, 6.45) is 1.33. The minimum absolute atomic E-state index is 0.116. The summed E-state index contributed by atoms with van der Waals surface area (Å²) in [5, 5.41) is 25.6. The topological polar surface area (TPSA) is 199 Å². The van der Waals surface area contributed by atoms with Gasteiger partial charge in [0.25, 0.3) is 11.8 Å².